The van der Waals surface area contributed by atoms with E-state index >= 15 is 0 Å². The zero-order chi connectivity index (χ0) is 20.5. The maximum atomic E-state index is 12.1. The monoisotopic (exact) mass is 404 g/mol. The number of hydrogen-bond donors (Lipinski definition) is 2. The maximum Gasteiger partial charge on any atom is 0.347 e. The van der Waals surface area contributed by atoms with Gasteiger partial charge in [-0.3, -0.25) is 10.1 Å². The molecule has 2 aromatic carbocycles. The molecular weight excluding hydrogens is 384 g/mol. The molecule has 0 aliphatic rings. The van der Waals surface area contributed by atoms with Gasteiger partial charge in [-0.25, -0.2) is 9.59 Å². The number of rotatable bonds is 7. The van der Waals surface area contributed by atoms with Crippen molar-refractivity contribution in [2.24, 2.45) is 0 Å². The lowest BCUT2D eigenvalue weighted by molar-refractivity contribution is -0.160. The number of imide groups is 1. The standard InChI is InChI=1S/C20H21ClN2O5/c1-13(18(24)23-20(26)22-12-15-7-4-3-5-8-15)28-19(25)14(2)27-17-10-6-9-16(21)11-17/h3-11,13-14H,12H2,1-2H3,(H2,22,23,24,26). The summed E-state index contributed by atoms with van der Waals surface area (Å²) in [6.45, 7) is 3.11. The summed E-state index contributed by atoms with van der Waals surface area (Å²) in [5, 5.41) is 5.14. The van der Waals surface area contributed by atoms with Gasteiger partial charge in [-0.05, 0) is 37.6 Å². The molecule has 3 amide bonds. The molecule has 2 N–H and O–H groups in total. The second kappa shape index (κ2) is 10.3. The lowest BCUT2D eigenvalue weighted by atomic mass is 10.2. The molecular formula is C20H21ClN2O5. The molecule has 2 rings (SSSR count). The highest BCUT2D eigenvalue weighted by Crippen LogP contribution is 2.18. The van der Waals surface area contributed by atoms with Crippen LogP contribution in [0, 0.1) is 0 Å². The number of carbonyl (C=O) groups is 3. The van der Waals surface area contributed by atoms with E-state index < -0.39 is 30.1 Å². The van der Waals surface area contributed by atoms with Gasteiger partial charge >= 0.3 is 12.0 Å². The zero-order valence-corrected chi connectivity index (χ0v) is 16.2. The van der Waals surface area contributed by atoms with Gasteiger partial charge in [-0.1, -0.05) is 48.0 Å². The van der Waals surface area contributed by atoms with Crippen LogP contribution in [-0.4, -0.2) is 30.1 Å². The number of carbonyl (C=O) groups excluding carboxylic acids is 3. The molecule has 0 saturated carbocycles. The summed E-state index contributed by atoms with van der Waals surface area (Å²) in [6, 6.07) is 15.1. The van der Waals surface area contributed by atoms with Crippen molar-refractivity contribution < 1.29 is 23.9 Å². The molecule has 0 bridgehead atoms. The molecule has 28 heavy (non-hydrogen) atoms. The minimum Gasteiger partial charge on any atom is -0.479 e. The van der Waals surface area contributed by atoms with E-state index in [-0.39, 0.29) is 6.54 Å². The Kier molecular flexibility index (Phi) is 7.83. The Balaban J connectivity index is 1.77. The molecule has 0 fully saturated rings. The molecule has 0 aliphatic heterocycles. The predicted molar refractivity (Wildman–Crippen MR) is 104 cm³/mol. The Labute approximate surface area is 168 Å². The van der Waals surface area contributed by atoms with Crippen molar-refractivity contribution >= 4 is 29.5 Å². The first-order chi connectivity index (χ1) is 13.3. The van der Waals surface area contributed by atoms with Crippen LogP contribution in [0.1, 0.15) is 19.4 Å². The number of hydrogen-bond acceptors (Lipinski definition) is 5. The first kappa shape index (κ1) is 21.2. The Morgan fingerprint density at radius 3 is 2.39 bits per heavy atom. The van der Waals surface area contributed by atoms with Crippen LogP contribution in [0.15, 0.2) is 54.6 Å². The van der Waals surface area contributed by atoms with E-state index in [1.807, 2.05) is 30.3 Å². The van der Waals surface area contributed by atoms with Gasteiger partial charge in [0.25, 0.3) is 5.91 Å². The van der Waals surface area contributed by atoms with Crippen molar-refractivity contribution in [2.75, 3.05) is 0 Å². The summed E-state index contributed by atoms with van der Waals surface area (Å²) in [5.41, 5.74) is 0.886. The molecule has 2 aromatic rings. The van der Waals surface area contributed by atoms with Crippen molar-refractivity contribution in [2.45, 2.75) is 32.6 Å². The summed E-state index contributed by atoms with van der Waals surface area (Å²) in [6.07, 6.45) is -2.12. The largest absolute Gasteiger partial charge is 0.479 e. The number of urea groups is 1. The van der Waals surface area contributed by atoms with E-state index in [0.29, 0.717) is 10.8 Å². The third kappa shape index (κ3) is 6.92. The van der Waals surface area contributed by atoms with E-state index in [2.05, 4.69) is 10.6 Å². The third-order valence-electron chi connectivity index (χ3n) is 3.64. The Morgan fingerprint density at radius 2 is 1.71 bits per heavy atom. The van der Waals surface area contributed by atoms with Crippen molar-refractivity contribution in [3.63, 3.8) is 0 Å². The number of ether oxygens (including phenoxy) is 2. The number of nitrogens with one attached hydrogen (secondary N) is 2. The van der Waals surface area contributed by atoms with E-state index in [4.69, 9.17) is 21.1 Å². The summed E-state index contributed by atoms with van der Waals surface area (Å²) >= 11 is 5.86. The molecule has 148 valence electrons. The predicted octanol–water partition coefficient (Wildman–Crippen LogP) is 3.07. The number of benzene rings is 2. The van der Waals surface area contributed by atoms with Gasteiger partial charge in [-0.15, -0.1) is 0 Å². The minimum absolute atomic E-state index is 0.263. The molecule has 2 atom stereocenters. The molecule has 7 nitrogen and oxygen atoms in total. The summed E-state index contributed by atoms with van der Waals surface area (Å²) < 4.78 is 10.5. The average Bonchev–Trinajstić information content (AvgIpc) is 2.67. The van der Waals surface area contributed by atoms with Crippen molar-refractivity contribution in [1.82, 2.24) is 10.6 Å². The number of halogens is 1. The highest BCUT2D eigenvalue weighted by molar-refractivity contribution is 6.30. The minimum atomic E-state index is -1.17. The second-order valence-electron chi connectivity index (χ2n) is 5.95. The van der Waals surface area contributed by atoms with Crippen LogP contribution < -0.4 is 15.4 Å². The zero-order valence-electron chi connectivity index (χ0n) is 15.5. The van der Waals surface area contributed by atoms with Gasteiger partial charge in [0.1, 0.15) is 5.75 Å². The summed E-state index contributed by atoms with van der Waals surface area (Å²) in [4.78, 5) is 35.9. The second-order valence-corrected chi connectivity index (χ2v) is 6.39. The van der Waals surface area contributed by atoms with Crippen LogP contribution in [0.5, 0.6) is 5.75 Å². The van der Waals surface area contributed by atoms with Crippen molar-refractivity contribution in [3.05, 3.63) is 65.2 Å². The summed E-state index contributed by atoms with van der Waals surface area (Å²) in [7, 11) is 0. The first-order valence-electron chi connectivity index (χ1n) is 8.60. The SMILES string of the molecule is CC(OC(=O)C(C)Oc1cccc(Cl)c1)C(=O)NC(=O)NCc1ccccc1. The molecule has 0 spiro atoms. The molecule has 0 radical (unpaired) electrons. The quantitative estimate of drug-likeness (QED) is 0.692. The van der Waals surface area contributed by atoms with E-state index in [9.17, 15) is 14.4 Å². The lowest BCUT2D eigenvalue weighted by Gasteiger charge is -2.17. The Morgan fingerprint density at radius 1 is 1.00 bits per heavy atom. The fourth-order valence-electron chi connectivity index (χ4n) is 2.15. The van der Waals surface area contributed by atoms with Crippen LogP contribution in [0.2, 0.25) is 5.02 Å². The average molecular weight is 405 g/mol. The van der Waals surface area contributed by atoms with Crippen molar-refractivity contribution in [3.8, 4) is 5.75 Å². The van der Waals surface area contributed by atoms with Crippen LogP contribution in [0.4, 0.5) is 4.79 Å². The van der Waals surface area contributed by atoms with Crippen LogP contribution >= 0.6 is 11.6 Å². The highest BCUT2D eigenvalue weighted by Gasteiger charge is 2.24. The third-order valence-corrected chi connectivity index (χ3v) is 3.87. The summed E-state index contributed by atoms with van der Waals surface area (Å²) in [5.74, 6) is -1.09. The molecule has 0 aromatic heterocycles. The number of amides is 3. The van der Waals surface area contributed by atoms with Gasteiger partial charge in [0.15, 0.2) is 12.2 Å². The fourth-order valence-corrected chi connectivity index (χ4v) is 2.33. The Bertz CT molecular complexity index is 828. The van der Waals surface area contributed by atoms with Gasteiger partial charge < -0.3 is 14.8 Å². The smallest absolute Gasteiger partial charge is 0.347 e. The van der Waals surface area contributed by atoms with E-state index in [1.54, 1.807) is 24.3 Å². The van der Waals surface area contributed by atoms with Crippen molar-refractivity contribution in [1.29, 1.82) is 0 Å². The first-order valence-corrected chi connectivity index (χ1v) is 8.98. The van der Waals surface area contributed by atoms with Gasteiger partial charge in [0, 0.05) is 11.6 Å². The molecule has 2 unspecified atom stereocenters. The van der Waals surface area contributed by atoms with Crippen LogP contribution in [0.25, 0.3) is 0 Å². The fraction of sp³-hybridized carbons (Fsp3) is 0.250. The molecule has 0 aliphatic carbocycles. The highest BCUT2D eigenvalue weighted by atomic mass is 35.5. The van der Waals surface area contributed by atoms with Crippen LogP contribution in [-0.2, 0) is 20.9 Å². The molecule has 0 saturated heterocycles. The number of esters is 1. The van der Waals surface area contributed by atoms with Crippen LogP contribution in [0.3, 0.4) is 0 Å². The van der Waals surface area contributed by atoms with Gasteiger partial charge in [-0.2, -0.15) is 0 Å². The molecule has 8 heteroatoms. The van der Waals surface area contributed by atoms with Gasteiger partial charge in [0.05, 0.1) is 0 Å². The Hall–Kier alpha value is -3.06. The van der Waals surface area contributed by atoms with Gasteiger partial charge in [0.2, 0.25) is 0 Å². The normalized spacial score (nSPS) is 12.4. The lowest BCUT2D eigenvalue weighted by Crippen LogP contribution is -2.45. The maximum absolute atomic E-state index is 12.1. The molecule has 0 heterocycles. The van der Waals surface area contributed by atoms with E-state index in [0.717, 1.165) is 5.56 Å². The topological polar surface area (TPSA) is 93.7 Å². The van der Waals surface area contributed by atoms with E-state index in [1.165, 1.54) is 13.8 Å².